The predicted molar refractivity (Wildman–Crippen MR) is 129 cm³/mol. The van der Waals surface area contributed by atoms with E-state index < -0.39 is 8.32 Å². The predicted octanol–water partition coefficient (Wildman–Crippen LogP) is 7.34. The van der Waals surface area contributed by atoms with Crippen molar-refractivity contribution < 1.29 is 9.53 Å². The largest absolute Gasteiger partial charge is 0.414 e. The zero-order valence-electron chi connectivity index (χ0n) is 21.1. The van der Waals surface area contributed by atoms with Crippen LogP contribution >= 0.6 is 0 Å². The molecule has 0 saturated heterocycles. The third-order valence-electron chi connectivity index (χ3n) is 11.1. The molecule has 2 nitrogen and oxygen atoms in total. The maximum Gasteiger partial charge on any atom is 0.192 e. The summed E-state index contributed by atoms with van der Waals surface area (Å²) < 4.78 is 6.90. The van der Waals surface area contributed by atoms with E-state index in [0.717, 1.165) is 24.2 Å². The quantitative estimate of drug-likeness (QED) is 0.365. The van der Waals surface area contributed by atoms with E-state index in [-0.39, 0.29) is 11.5 Å². The van der Waals surface area contributed by atoms with Gasteiger partial charge in [-0.15, -0.1) is 0 Å². The minimum Gasteiger partial charge on any atom is -0.414 e. The Morgan fingerprint density at radius 3 is 2.33 bits per heavy atom. The lowest BCUT2D eigenvalue weighted by Gasteiger charge is -2.61. The summed E-state index contributed by atoms with van der Waals surface area (Å²) in [6, 6.07) is 0. The molecule has 4 fully saturated rings. The molecule has 0 heterocycles. The summed E-state index contributed by atoms with van der Waals surface area (Å²) in [6.45, 7) is 19.2. The molecule has 4 aliphatic carbocycles. The third kappa shape index (κ3) is 3.41. The second kappa shape index (κ2) is 7.45. The molecular formula is C27H48O2Si. The first kappa shape index (κ1) is 23.0. The average molecular weight is 433 g/mol. The van der Waals surface area contributed by atoms with E-state index in [1.165, 1.54) is 50.5 Å². The fourth-order valence-corrected chi connectivity index (χ4v) is 9.70. The molecule has 0 radical (unpaired) electrons. The Labute approximate surface area is 187 Å². The molecule has 8 atom stereocenters. The number of aliphatic hydroxyl groups is 1. The SMILES string of the molecule is CC=C1[C@H](O)C[C@H]2[C@@H]3CC[C@H]4C[C@@H](O[Si](C)(C)C(C)(C)C)CC[C@]4(C)[C@H]3CC[C@]12C. The van der Waals surface area contributed by atoms with Crippen molar-refractivity contribution in [2.75, 3.05) is 0 Å². The normalized spacial score (nSPS) is 48.2. The molecule has 0 aromatic carbocycles. The Morgan fingerprint density at radius 2 is 1.70 bits per heavy atom. The highest BCUT2D eigenvalue weighted by Gasteiger charge is 2.60. The van der Waals surface area contributed by atoms with Gasteiger partial charge in [-0.05, 0) is 116 Å². The van der Waals surface area contributed by atoms with Gasteiger partial charge in [-0.3, -0.25) is 0 Å². The number of aliphatic hydroxyl groups excluding tert-OH is 1. The second-order valence-corrected chi connectivity index (χ2v) is 18.1. The summed E-state index contributed by atoms with van der Waals surface area (Å²) in [6.07, 6.45) is 12.8. The average Bonchev–Trinajstić information content (AvgIpc) is 2.90. The van der Waals surface area contributed by atoms with E-state index in [4.69, 9.17) is 4.43 Å². The summed E-state index contributed by atoms with van der Waals surface area (Å²) >= 11 is 0. The molecule has 0 spiro atoms. The van der Waals surface area contributed by atoms with E-state index in [0.29, 0.717) is 22.5 Å². The van der Waals surface area contributed by atoms with E-state index in [2.05, 4.69) is 60.7 Å². The molecule has 4 aliphatic rings. The molecule has 0 aromatic heterocycles. The molecule has 30 heavy (non-hydrogen) atoms. The summed E-state index contributed by atoms with van der Waals surface area (Å²) in [7, 11) is -1.69. The first-order valence-corrected chi connectivity index (χ1v) is 15.8. The van der Waals surface area contributed by atoms with Crippen LogP contribution in [0.3, 0.4) is 0 Å². The molecule has 0 bridgehead atoms. The molecule has 0 aromatic rings. The lowest BCUT2D eigenvalue weighted by Crippen LogP contribution is -2.54. The van der Waals surface area contributed by atoms with Crippen LogP contribution in [0.4, 0.5) is 0 Å². The van der Waals surface area contributed by atoms with Gasteiger partial charge in [-0.25, -0.2) is 0 Å². The highest BCUT2D eigenvalue weighted by atomic mass is 28.4. The van der Waals surface area contributed by atoms with Gasteiger partial charge in [0.1, 0.15) is 0 Å². The Balaban J connectivity index is 1.50. The standard InChI is InChI=1S/C27H48O2Si/c1-9-21-24(28)17-23-20-11-10-18-16-19(29-30(7,8)25(2,3)4)12-14-26(18,5)22(20)13-15-27(21,23)6/h9,18-20,22-24,28H,10-17H2,1-8H3/t18-,19-,20+,22-,23-,24+,26-,27+/m0/s1. The van der Waals surface area contributed by atoms with E-state index in [1.54, 1.807) is 0 Å². The summed E-state index contributed by atoms with van der Waals surface area (Å²) in [5.74, 6) is 3.19. The lowest BCUT2D eigenvalue weighted by atomic mass is 9.45. The molecule has 0 unspecified atom stereocenters. The van der Waals surface area contributed by atoms with Crippen molar-refractivity contribution in [2.24, 2.45) is 34.5 Å². The minimum absolute atomic E-state index is 0.192. The highest BCUT2D eigenvalue weighted by Crippen LogP contribution is 2.67. The van der Waals surface area contributed by atoms with Crippen LogP contribution in [0.25, 0.3) is 0 Å². The Morgan fingerprint density at radius 1 is 1.00 bits per heavy atom. The fraction of sp³-hybridized carbons (Fsp3) is 0.926. The molecule has 172 valence electrons. The van der Waals surface area contributed by atoms with Gasteiger partial charge in [-0.2, -0.15) is 0 Å². The van der Waals surface area contributed by atoms with Crippen LogP contribution in [0, 0.1) is 34.5 Å². The van der Waals surface area contributed by atoms with Crippen LogP contribution in [0.2, 0.25) is 18.1 Å². The zero-order valence-corrected chi connectivity index (χ0v) is 22.1. The molecule has 0 amide bonds. The summed E-state index contributed by atoms with van der Waals surface area (Å²) in [5, 5.41) is 11.1. The Hall–Kier alpha value is -0.123. The zero-order chi connectivity index (χ0) is 22.1. The third-order valence-corrected chi connectivity index (χ3v) is 15.6. The Kier molecular flexibility index (Phi) is 5.73. The van der Waals surface area contributed by atoms with Crippen molar-refractivity contribution in [3.63, 3.8) is 0 Å². The van der Waals surface area contributed by atoms with Gasteiger partial charge in [0, 0.05) is 6.10 Å². The maximum atomic E-state index is 10.8. The van der Waals surface area contributed by atoms with Gasteiger partial charge in [0.25, 0.3) is 0 Å². The van der Waals surface area contributed by atoms with E-state index >= 15 is 0 Å². The second-order valence-electron chi connectivity index (χ2n) is 13.4. The molecule has 4 rings (SSSR count). The van der Waals surface area contributed by atoms with Crippen molar-refractivity contribution in [3.05, 3.63) is 11.6 Å². The van der Waals surface area contributed by atoms with Gasteiger partial charge in [0.2, 0.25) is 0 Å². The molecule has 1 N–H and O–H groups in total. The van der Waals surface area contributed by atoms with Gasteiger partial charge >= 0.3 is 0 Å². The van der Waals surface area contributed by atoms with Crippen LogP contribution in [0.5, 0.6) is 0 Å². The molecule has 0 aliphatic heterocycles. The summed E-state index contributed by atoms with van der Waals surface area (Å²) in [5.41, 5.74) is 2.09. The van der Waals surface area contributed by atoms with Crippen molar-refractivity contribution in [1.29, 1.82) is 0 Å². The van der Waals surface area contributed by atoms with Crippen LogP contribution < -0.4 is 0 Å². The lowest BCUT2D eigenvalue weighted by molar-refractivity contribution is -0.115. The van der Waals surface area contributed by atoms with Crippen molar-refractivity contribution in [3.8, 4) is 0 Å². The fourth-order valence-electron chi connectivity index (χ4n) is 8.30. The van der Waals surface area contributed by atoms with E-state index in [1.807, 2.05) is 0 Å². The van der Waals surface area contributed by atoms with Crippen molar-refractivity contribution in [1.82, 2.24) is 0 Å². The van der Waals surface area contributed by atoms with Gasteiger partial charge < -0.3 is 9.53 Å². The molecular weight excluding hydrogens is 384 g/mol. The first-order chi connectivity index (χ1) is 13.8. The van der Waals surface area contributed by atoms with Gasteiger partial charge in [0.05, 0.1) is 6.10 Å². The minimum atomic E-state index is -1.69. The maximum absolute atomic E-state index is 10.8. The van der Waals surface area contributed by atoms with Crippen LogP contribution in [0.15, 0.2) is 11.6 Å². The topological polar surface area (TPSA) is 29.5 Å². The van der Waals surface area contributed by atoms with Gasteiger partial charge in [-0.1, -0.05) is 40.7 Å². The number of fused-ring (bicyclic) bond motifs is 5. The van der Waals surface area contributed by atoms with Gasteiger partial charge in [0.15, 0.2) is 8.32 Å². The number of hydrogen-bond donors (Lipinski definition) is 1. The molecule has 4 saturated carbocycles. The number of hydrogen-bond acceptors (Lipinski definition) is 2. The number of allylic oxidation sites excluding steroid dienone is 1. The van der Waals surface area contributed by atoms with E-state index in [9.17, 15) is 5.11 Å². The van der Waals surface area contributed by atoms with Crippen LogP contribution in [0.1, 0.15) is 92.9 Å². The van der Waals surface area contributed by atoms with Crippen molar-refractivity contribution >= 4 is 8.32 Å². The number of rotatable bonds is 2. The first-order valence-electron chi connectivity index (χ1n) is 12.9. The van der Waals surface area contributed by atoms with Crippen LogP contribution in [-0.2, 0) is 4.43 Å². The monoisotopic (exact) mass is 432 g/mol. The molecule has 3 heteroatoms. The van der Waals surface area contributed by atoms with Crippen molar-refractivity contribution in [2.45, 2.75) is 123 Å². The summed E-state index contributed by atoms with van der Waals surface area (Å²) in [4.78, 5) is 0. The van der Waals surface area contributed by atoms with Crippen LogP contribution in [-0.4, -0.2) is 25.6 Å². The highest BCUT2D eigenvalue weighted by molar-refractivity contribution is 6.74. The Bertz CT molecular complexity index is 691. The smallest absolute Gasteiger partial charge is 0.192 e.